The summed E-state index contributed by atoms with van der Waals surface area (Å²) in [6, 6.07) is 0. The van der Waals surface area contributed by atoms with Gasteiger partial charge in [0.25, 0.3) is 0 Å². The molecule has 9 heavy (non-hydrogen) atoms. The second kappa shape index (κ2) is 5.37. The van der Waals surface area contributed by atoms with E-state index in [9.17, 15) is 9.59 Å². The predicted octanol–water partition coefficient (Wildman–Crippen LogP) is -0.970. The van der Waals surface area contributed by atoms with Crippen molar-refractivity contribution in [1.82, 2.24) is 5.32 Å². The van der Waals surface area contributed by atoms with Gasteiger partial charge in [0.1, 0.15) is 0 Å². The third-order valence-electron chi connectivity index (χ3n) is 0.512. The predicted molar refractivity (Wildman–Crippen MR) is 35.1 cm³/mol. The summed E-state index contributed by atoms with van der Waals surface area (Å²) in [7, 11) is 0. The molecule has 0 bridgehead atoms. The van der Waals surface area contributed by atoms with Crippen molar-refractivity contribution in [1.29, 1.82) is 0 Å². The molecule has 0 aliphatic rings. The molecule has 0 fully saturated rings. The van der Waals surface area contributed by atoms with Crippen molar-refractivity contribution in [3.05, 3.63) is 0 Å². The molecule has 0 atom stereocenters. The molecule has 0 radical (unpaired) electrons. The summed E-state index contributed by atoms with van der Waals surface area (Å²) in [4.78, 5) is 19.9. The van der Waals surface area contributed by atoms with Gasteiger partial charge in [0, 0.05) is 6.92 Å². The Balaban J connectivity index is 0. The number of nitrogens with one attached hydrogen (secondary N) is 1. The number of hydrogen-bond acceptors (Lipinski definition) is 2. The molecule has 3 N–H and O–H groups in total. The Labute approximate surface area is 59.2 Å². The highest BCUT2D eigenvalue weighted by molar-refractivity contribution is 5.85. The van der Waals surface area contributed by atoms with Gasteiger partial charge in [0.2, 0.25) is 11.8 Å². The highest BCUT2D eigenvalue weighted by atomic mass is 35.5. The van der Waals surface area contributed by atoms with E-state index in [1.807, 2.05) is 0 Å². The van der Waals surface area contributed by atoms with E-state index >= 15 is 0 Å². The Hall–Kier alpha value is -0.770. The van der Waals surface area contributed by atoms with E-state index in [0.29, 0.717) is 0 Å². The van der Waals surface area contributed by atoms with Crippen LogP contribution < -0.4 is 11.1 Å². The van der Waals surface area contributed by atoms with Crippen molar-refractivity contribution >= 4 is 24.2 Å². The van der Waals surface area contributed by atoms with E-state index in [1.165, 1.54) is 6.92 Å². The highest BCUT2D eigenvalue weighted by Crippen LogP contribution is 1.57. The SMILES string of the molecule is CC(=O)NCC(N)=O.Cl. The van der Waals surface area contributed by atoms with Gasteiger partial charge in [-0.15, -0.1) is 12.4 Å². The van der Waals surface area contributed by atoms with Gasteiger partial charge in [0.15, 0.2) is 0 Å². The molecule has 0 aromatic rings. The molecule has 0 saturated carbocycles. The van der Waals surface area contributed by atoms with Crippen LogP contribution >= 0.6 is 12.4 Å². The minimum atomic E-state index is -0.528. The first kappa shape index (κ1) is 11.1. The molecule has 2 amide bonds. The van der Waals surface area contributed by atoms with E-state index in [-0.39, 0.29) is 24.9 Å². The number of hydrogen-bond donors (Lipinski definition) is 2. The lowest BCUT2D eigenvalue weighted by Crippen LogP contribution is -2.31. The van der Waals surface area contributed by atoms with E-state index in [4.69, 9.17) is 0 Å². The summed E-state index contributed by atoms with van der Waals surface area (Å²) in [6.45, 7) is 1.25. The van der Waals surface area contributed by atoms with Crippen LogP contribution in [0, 0.1) is 0 Å². The Morgan fingerprint density at radius 1 is 1.56 bits per heavy atom. The zero-order valence-corrected chi connectivity index (χ0v) is 5.83. The monoisotopic (exact) mass is 152 g/mol. The van der Waals surface area contributed by atoms with Gasteiger partial charge < -0.3 is 11.1 Å². The van der Waals surface area contributed by atoms with E-state index < -0.39 is 5.91 Å². The molecule has 0 saturated heterocycles. The average molecular weight is 153 g/mol. The molecule has 54 valence electrons. The van der Waals surface area contributed by atoms with Crippen LogP contribution in [-0.2, 0) is 9.59 Å². The normalized spacial score (nSPS) is 7.22. The largest absolute Gasteiger partial charge is 0.368 e. The van der Waals surface area contributed by atoms with E-state index in [2.05, 4.69) is 11.1 Å². The minimum Gasteiger partial charge on any atom is -0.368 e. The van der Waals surface area contributed by atoms with E-state index in [1.54, 1.807) is 0 Å². The molecule has 0 aliphatic heterocycles. The molecule has 0 rings (SSSR count). The number of carbonyl (C=O) groups excluding carboxylic acids is 2. The first-order valence-electron chi connectivity index (χ1n) is 2.15. The van der Waals surface area contributed by atoms with Gasteiger partial charge in [-0.25, -0.2) is 0 Å². The fourth-order valence-electron chi connectivity index (χ4n) is 0.212. The zero-order chi connectivity index (χ0) is 6.57. The smallest absolute Gasteiger partial charge is 0.236 e. The molecule has 4 nitrogen and oxygen atoms in total. The molecule has 0 aromatic heterocycles. The Morgan fingerprint density at radius 3 is 2.11 bits per heavy atom. The summed E-state index contributed by atoms with van der Waals surface area (Å²) in [6.07, 6.45) is 0. The second-order valence-corrected chi connectivity index (χ2v) is 1.38. The number of nitrogens with two attached hydrogens (primary N) is 1. The third kappa shape index (κ3) is 11.1. The van der Waals surface area contributed by atoms with Crippen LogP contribution in [0.2, 0.25) is 0 Å². The van der Waals surface area contributed by atoms with Crippen LogP contribution in [0.15, 0.2) is 0 Å². The Bertz CT molecular complexity index is 101. The first-order valence-corrected chi connectivity index (χ1v) is 2.15. The van der Waals surface area contributed by atoms with Gasteiger partial charge in [-0.05, 0) is 0 Å². The van der Waals surface area contributed by atoms with Crippen molar-refractivity contribution in [2.45, 2.75) is 6.92 Å². The maximum atomic E-state index is 10.0. The standard InChI is InChI=1S/C4H8N2O2.ClH/c1-3(7)6-2-4(5)8;/h2H2,1H3,(H2,5,8)(H,6,7);1H. The van der Waals surface area contributed by atoms with Crippen LogP contribution in [0.25, 0.3) is 0 Å². The number of halogens is 1. The van der Waals surface area contributed by atoms with Crippen LogP contribution in [0.4, 0.5) is 0 Å². The molecular weight excluding hydrogens is 144 g/mol. The lowest BCUT2D eigenvalue weighted by Gasteiger charge is -1.93. The summed E-state index contributed by atoms with van der Waals surface area (Å²) in [5.41, 5.74) is 4.69. The highest BCUT2D eigenvalue weighted by Gasteiger charge is 1.92. The number of carbonyl (C=O) groups is 2. The fourth-order valence-corrected chi connectivity index (χ4v) is 0.212. The Morgan fingerprint density at radius 2 is 2.00 bits per heavy atom. The quantitative estimate of drug-likeness (QED) is 0.535. The zero-order valence-electron chi connectivity index (χ0n) is 5.01. The van der Waals surface area contributed by atoms with Gasteiger partial charge in [0.05, 0.1) is 6.54 Å². The van der Waals surface area contributed by atoms with Gasteiger partial charge in [-0.1, -0.05) is 0 Å². The third-order valence-corrected chi connectivity index (χ3v) is 0.512. The summed E-state index contributed by atoms with van der Waals surface area (Å²) < 4.78 is 0. The van der Waals surface area contributed by atoms with Crippen LogP contribution in [0.3, 0.4) is 0 Å². The van der Waals surface area contributed by atoms with Crippen molar-refractivity contribution in [3.63, 3.8) is 0 Å². The van der Waals surface area contributed by atoms with Gasteiger partial charge >= 0.3 is 0 Å². The lowest BCUT2D eigenvalue weighted by atomic mass is 10.6. The summed E-state index contributed by atoms with van der Waals surface area (Å²) in [5, 5.41) is 2.23. The molecule has 0 unspecified atom stereocenters. The molecule has 0 aliphatic carbocycles. The molecular formula is C4H9ClN2O2. The van der Waals surface area contributed by atoms with Crippen molar-refractivity contribution < 1.29 is 9.59 Å². The summed E-state index contributed by atoms with van der Waals surface area (Å²) >= 11 is 0. The van der Waals surface area contributed by atoms with Crippen molar-refractivity contribution in [2.75, 3.05) is 6.54 Å². The van der Waals surface area contributed by atoms with Gasteiger partial charge in [-0.2, -0.15) is 0 Å². The van der Waals surface area contributed by atoms with Crippen molar-refractivity contribution in [3.8, 4) is 0 Å². The van der Waals surface area contributed by atoms with E-state index in [0.717, 1.165) is 0 Å². The fraction of sp³-hybridized carbons (Fsp3) is 0.500. The van der Waals surface area contributed by atoms with Crippen molar-refractivity contribution in [2.24, 2.45) is 5.73 Å². The maximum Gasteiger partial charge on any atom is 0.236 e. The number of primary amides is 1. The maximum absolute atomic E-state index is 10.0. The number of rotatable bonds is 2. The summed E-state index contributed by atoms with van der Waals surface area (Å²) in [5.74, 6) is -0.774. The van der Waals surface area contributed by atoms with Crippen LogP contribution in [0.1, 0.15) is 6.92 Å². The first-order chi connectivity index (χ1) is 3.63. The van der Waals surface area contributed by atoms with Crippen LogP contribution in [0.5, 0.6) is 0 Å². The Kier molecular flexibility index (Phi) is 6.61. The number of amides is 2. The van der Waals surface area contributed by atoms with Gasteiger partial charge in [-0.3, -0.25) is 9.59 Å². The topological polar surface area (TPSA) is 72.2 Å². The average Bonchev–Trinajstić information content (AvgIpc) is 1.61. The second-order valence-electron chi connectivity index (χ2n) is 1.38. The lowest BCUT2D eigenvalue weighted by molar-refractivity contribution is -0.123. The molecule has 5 heteroatoms. The minimum absolute atomic E-state index is 0. The molecule has 0 aromatic carbocycles. The molecule has 0 heterocycles. The molecule has 0 spiro atoms. The van der Waals surface area contributed by atoms with Crippen LogP contribution in [-0.4, -0.2) is 18.4 Å².